The van der Waals surface area contributed by atoms with Crippen molar-refractivity contribution in [3.8, 4) is 5.75 Å². The maximum Gasteiger partial charge on any atom is 0.133 e. The molecule has 1 aromatic carbocycles. The molecule has 0 unspecified atom stereocenters. The van der Waals surface area contributed by atoms with Crippen LogP contribution >= 0.6 is 0 Å². The first kappa shape index (κ1) is 14.7. The molecule has 0 saturated carbocycles. The highest BCUT2D eigenvalue weighted by atomic mass is 16.5. The molecule has 116 valence electrons. The third-order valence-electron chi connectivity index (χ3n) is 4.09. The van der Waals surface area contributed by atoms with Crippen LogP contribution in [-0.4, -0.2) is 38.3 Å². The van der Waals surface area contributed by atoms with Gasteiger partial charge in [-0.1, -0.05) is 12.1 Å². The summed E-state index contributed by atoms with van der Waals surface area (Å²) in [6, 6.07) is 12.2. The molecule has 1 aliphatic heterocycles. The number of nitrogens with zero attached hydrogens (tertiary/aromatic N) is 3. The number of hydrogen-bond acceptors (Lipinski definition) is 5. The summed E-state index contributed by atoms with van der Waals surface area (Å²) in [5.74, 6) is 1.92. The van der Waals surface area contributed by atoms with Gasteiger partial charge in [-0.25, -0.2) is 4.98 Å². The first-order chi connectivity index (χ1) is 10.8. The van der Waals surface area contributed by atoms with Crippen molar-refractivity contribution >= 4 is 11.5 Å². The van der Waals surface area contributed by atoms with E-state index in [-0.39, 0.29) is 0 Å². The van der Waals surface area contributed by atoms with E-state index in [0.29, 0.717) is 6.54 Å². The Balaban J connectivity index is 1.69. The van der Waals surface area contributed by atoms with E-state index in [9.17, 15) is 0 Å². The Kier molecular flexibility index (Phi) is 4.44. The van der Waals surface area contributed by atoms with Crippen molar-refractivity contribution < 1.29 is 4.74 Å². The van der Waals surface area contributed by atoms with E-state index >= 15 is 0 Å². The van der Waals surface area contributed by atoms with Crippen LogP contribution in [0.2, 0.25) is 0 Å². The van der Waals surface area contributed by atoms with Crippen molar-refractivity contribution in [1.29, 1.82) is 0 Å². The number of hydrogen-bond donors (Lipinski definition) is 1. The number of aromatic nitrogens is 1. The third kappa shape index (κ3) is 2.99. The van der Waals surface area contributed by atoms with Crippen LogP contribution in [0.3, 0.4) is 0 Å². The van der Waals surface area contributed by atoms with Gasteiger partial charge in [0, 0.05) is 56.2 Å². The number of anilines is 2. The second-order valence-corrected chi connectivity index (χ2v) is 5.37. The van der Waals surface area contributed by atoms with E-state index in [1.54, 1.807) is 7.11 Å². The minimum Gasteiger partial charge on any atom is -0.497 e. The number of methoxy groups -OCH3 is 1. The summed E-state index contributed by atoms with van der Waals surface area (Å²) in [7, 11) is 1.70. The molecule has 1 saturated heterocycles. The molecular weight excluding hydrogens is 276 g/mol. The van der Waals surface area contributed by atoms with Crippen molar-refractivity contribution in [2.24, 2.45) is 5.73 Å². The van der Waals surface area contributed by atoms with Gasteiger partial charge in [0.1, 0.15) is 11.6 Å². The molecule has 5 nitrogen and oxygen atoms in total. The first-order valence-corrected chi connectivity index (χ1v) is 7.59. The first-order valence-electron chi connectivity index (χ1n) is 7.59. The summed E-state index contributed by atoms with van der Waals surface area (Å²) in [5, 5.41) is 0. The zero-order valence-corrected chi connectivity index (χ0v) is 12.9. The van der Waals surface area contributed by atoms with Crippen molar-refractivity contribution in [1.82, 2.24) is 4.98 Å². The zero-order valence-electron chi connectivity index (χ0n) is 12.9. The average Bonchev–Trinajstić information content (AvgIpc) is 2.62. The van der Waals surface area contributed by atoms with Crippen LogP contribution < -0.4 is 20.3 Å². The van der Waals surface area contributed by atoms with Crippen molar-refractivity contribution in [3.05, 3.63) is 48.2 Å². The maximum absolute atomic E-state index is 5.82. The van der Waals surface area contributed by atoms with Gasteiger partial charge in [-0.15, -0.1) is 0 Å². The van der Waals surface area contributed by atoms with Gasteiger partial charge in [0.15, 0.2) is 0 Å². The molecule has 2 aromatic rings. The molecule has 0 radical (unpaired) electrons. The Morgan fingerprint density at radius 3 is 2.59 bits per heavy atom. The smallest absolute Gasteiger partial charge is 0.133 e. The summed E-state index contributed by atoms with van der Waals surface area (Å²) in [5.41, 5.74) is 8.13. The summed E-state index contributed by atoms with van der Waals surface area (Å²) < 4.78 is 5.31. The number of rotatable bonds is 4. The number of ether oxygens (including phenoxy) is 1. The fraction of sp³-hybridized carbons (Fsp3) is 0.353. The molecular formula is C17H22N4O. The Bertz CT molecular complexity index is 624. The number of piperazine rings is 1. The van der Waals surface area contributed by atoms with Crippen molar-refractivity contribution in [3.63, 3.8) is 0 Å². The highest BCUT2D eigenvalue weighted by Gasteiger charge is 2.20. The van der Waals surface area contributed by atoms with E-state index in [1.807, 2.05) is 24.4 Å². The Morgan fingerprint density at radius 2 is 1.86 bits per heavy atom. The summed E-state index contributed by atoms with van der Waals surface area (Å²) >= 11 is 0. The van der Waals surface area contributed by atoms with Crippen LogP contribution in [-0.2, 0) is 6.54 Å². The van der Waals surface area contributed by atoms with Gasteiger partial charge in [0.25, 0.3) is 0 Å². The number of nitrogens with two attached hydrogens (primary N) is 1. The Morgan fingerprint density at radius 1 is 1.09 bits per heavy atom. The van der Waals surface area contributed by atoms with Crippen LogP contribution in [0, 0.1) is 0 Å². The van der Waals surface area contributed by atoms with Gasteiger partial charge >= 0.3 is 0 Å². The largest absolute Gasteiger partial charge is 0.497 e. The highest BCUT2D eigenvalue weighted by Crippen LogP contribution is 2.24. The molecule has 5 heteroatoms. The van der Waals surface area contributed by atoms with Crippen LogP contribution in [0.5, 0.6) is 5.75 Å². The lowest BCUT2D eigenvalue weighted by atomic mass is 10.2. The minimum atomic E-state index is 0.527. The lowest BCUT2D eigenvalue weighted by molar-refractivity contribution is 0.414. The quantitative estimate of drug-likeness (QED) is 0.934. The second kappa shape index (κ2) is 6.66. The van der Waals surface area contributed by atoms with Gasteiger partial charge in [-0.3, -0.25) is 0 Å². The molecule has 0 bridgehead atoms. The van der Waals surface area contributed by atoms with Crippen molar-refractivity contribution in [2.75, 3.05) is 43.1 Å². The number of benzene rings is 1. The molecule has 2 N–H and O–H groups in total. The summed E-state index contributed by atoms with van der Waals surface area (Å²) in [6.45, 7) is 4.35. The second-order valence-electron chi connectivity index (χ2n) is 5.37. The maximum atomic E-state index is 5.82. The lowest BCUT2D eigenvalue weighted by Gasteiger charge is -2.37. The van der Waals surface area contributed by atoms with E-state index < -0.39 is 0 Å². The fourth-order valence-corrected chi connectivity index (χ4v) is 2.86. The van der Waals surface area contributed by atoms with Crippen LogP contribution in [0.4, 0.5) is 11.5 Å². The van der Waals surface area contributed by atoms with E-state index in [0.717, 1.165) is 43.3 Å². The van der Waals surface area contributed by atoms with E-state index in [2.05, 4.69) is 33.0 Å². The highest BCUT2D eigenvalue weighted by molar-refractivity contribution is 5.54. The molecule has 1 fully saturated rings. The van der Waals surface area contributed by atoms with Gasteiger partial charge in [0.05, 0.1) is 7.11 Å². The minimum absolute atomic E-state index is 0.527. The van der Waals surface area contributed by atoms with Gasteiger partial charge in [-0.05, 0) is 18.2 Å². The zero-order chi connectivity index (χ0) is 15.4. The third-order valence-corrected chi connectivity index (χ3v) is 4.09. The molecule has 3 rings (SSSR count). The molecule has 0 aliphatic carbocycles. The predicted molar refractivity (Wildman–Crippen MR) is 89.5 cm³/mol. The number of pyridine rings is 1. The Labute approximate surface area is 131 Å². The predicted octanol–water partition coefficient (Wildman–Crippen LogP) is 1.88. The molecule has 1 aromatic heterocycles. The standard InChI is InChI=1S/C17H22N4O/c1-22-16-6-2-5-15(12-16)20-8-10-21(11-9-20)17-14(13-18)4-3-7-19-17/h2-7,12H,8-11,13,18H2,1H3. The van der Waals surface area contributed by atoms with Gasteiger partial charge < -0.3 is 20.3 Å². The molecule has 0 spiro atoms. The summed E-state index contributed by atoms with van der Waals surface area (Å²) in [6.07, 6.45) is 1.84. The molecule has 1 aliphatic rings. The van der Waals surface area contributed by atoms with Crippen molar-refractivity contribution in [2.45, 2.75) is 6.54 Å². The van der Waals surface area contributed by atoms with Crippen LogP contribution in [0.25, 0.3) is 0 Å². The van der Waals surface area contributed by atoms with E-state index in [4.69, 9.17) is 10.5 Å². The monoisotopic (exact) mass is 298 g/mol. The Hall–Kier alpha value is -2.27. The topological polar surface area (TPSA) is 54.6 Å². The molecule has 0 atom stereocenters. The van der Waals surface area contributed by atoms with Gasteiger partial charge in [0.2, 0.25) is 0 Å². The average molecular weight is 298 g/mol. The van der Waals surface area contributed by atoms with Gasteiger partial charge in [-0.2, -0.15) is 0 Å². The molecule has 0 amide bonds. The van der Waals surface area contributed by atoms with E-state index in [1.165, 1.54) is 5.69 Å². The molecule has 22 heavy (non-hydrogen) atoms. The molecule has 2 heterocycles. The normalized spacial score (nSPS) is 15.0. The van der Waals surface area contributed by atoms with Crippen LogP contribution in [0.1, 0.15) is 5.56 Å². The summed E-state index contributed by atoms with van der Waals surface area (Å²) in [4.78, 5) is 9.20. The fourth-order valence-electron chi connectivity index (χ4n) is 2.86. The van der Waals surface area contributed by atoms with Crippen LogP contribution in [0.15, 0.2) is 42.6 Å². The lowest BCUT2D eigenvalue weighted by Crippen LogP contribution is -2.47. The SMILES string of the molecule is COc1cccc(N2CCN(c3ncccc3CN)CC2)c1.